The Kier molecular flexibility index (Phi) is 6.22. The van der Waals surface area contributed by atoms with Gasteiger partial charge in [-0.2, -0.15) is 0 Å². The smallest absolute Gasteiger partial charge is 0.338 e. The summed E-state index contributed by atoms with van der Waals surface area (Å²) in [5.41, 5.74) is 0.500. The number of fused-ring (bicyclic) bond motifs is 5. The molecule has 0 unspecified atom stereocenters. The van der Waals surface area contributed by atoms with Crippen LogP contribution in [0.15, 0.2) is 36.4 Å². The van der Waals surface area contributed by atoms with Gasteiger partial charge in [0.25, 0.3) is 5.69 Å². The van der Waals surface area contributed by atoms with Crippen LogP contribution in [-0.2, 0) is 14.2 Å². The lowest BCUT2D eigenvalue weighted by Gasteiger charge is -2.55. The molecule has 7 nitrogen and oxygen atoms in total. The van der Waals surface area contributed by atoms with Gasteiger partial charge in [-0.25, -0.2) is 4.79 Å². The summed E-state index contributed by atoms with van der Waals surface area (Å²) in [6, 6.07) is 5.65. The lowest BCUT2D eigenvalue weighted by atomic mass is 9.50. The topological polar surface area (TPSA) is 87.9 Å². The minimum Gasteiger partial charge on any atom is -0.459 e. The van der Waals surface area contributed by atoms with Crippen LogP contribution in [0.2, 0.25) is 0 Å². The second-order valence-electron chi connectivity index (χ2n) is 12.7. The molecular weight excluding hydrogens is 470 g/mol. The van der Waals surface area contributed by atoms with Crippen molar-refractivity contribution in [1.82, 2.24) is 0 Å². The van der Waals surface area contributed by atoms with Crippen molar-refractivity contribution in [3.05, 3.63) is 52.1 Å². The zero-order chi connectivity index (χ0) is 25.9. The second-order valence-corrected chi connectivity index (χ2v) is 12.7. The number of ether oxygens (including phenoxy) is 3. The zero-order valence-corrected chi connectivity index (χ0v) is 22.1. The first-order valence-electron chi connectivity index (χ1n) is 14.2. The normalized spacial score (nSPS) is 44.5. The highest BCUT2D eigenvalue weighted by atomic mass is 16.7. The maximum Gasteiger partial charge on any atom is 0.338 e. The predicted molar refractivity (Wildman–Crippen MR) is 138 cm³/mol. The number of allylic oxidation sites excluding steroid dienone is 1. The summed E-state index contributed by atoms with van der Waals surface area (Å²) in [5, 5.41) is 10.9. The van der Waals surface area contributed by atoms with E-state index in [0.29, 0.717) is 41.1 Å². The molecule has 4 fully saturated rings. The number of hydrogen-bond acceptors (Lipinski definition) is 6. The van der Waals surface area contributed by atoms with Crippen molar-refractivity contribution in [3.8, 4) is 0 Å². The first-order chi connectivity index (χ1) is 17.7. The Bertz CT molecular complexity index is 1080. The molecule has 37 heavy (non-hydrogen) atoms. The fraction of sp³-hybridized carbons (Fsp3) is 0.700. The van der Waals surface area contributed by atoms with Crippen LogP contribution < -0.4 is 0 Å². The zero-order valence-electron chi connectivity index (χ0n) is 22.1. The standard InChI is InChI=1S/C30H39NO6/c1-18-12-15-30(35-17-18)19(2)24-10-11-26-25(27(24)37-30)9-6-21-16-23(13-14-29(21,26)3)36-28(32)20-4-7-22(8-5-20)31(33)34/h4-9,18-19,21,23-27H,10-17H2,1-3H3/t18-,19-,21+,23+,24+,25+,26-,27-,29+,30-/m1/s1. The predicted octanol–water partition coefficient (Wildman–Crippen LogP) is 6.32. The molecule has 3 aliphatic carbocycles. The van der Waals surface area contributed by atoms with Crippen molar-refractivity contribution in [1.29, 1.82) is 0 Å². The molecule has 1 spiro atoms. The number of rotatable bonds is 3. The maximum atomic E-state index is 12.7. The van der Waals surface area contributed by atoms with Gasteiger partial charge in [-0.05, 0) is 79.7 Å². The van der Waals surface area contributed by atoms with Crippen LogP contribution in [0.4, 0.5) is 5.69 Å². The highest BCUT2D eigenvalue weighted by molar-refractivity contribution is 5.89. The molecule has 1 aromatic carbocycles. The Morgan fingerprint density at radius 1 is 1.08 bits per heavy atom. The van der Waals surface area contributed by atoms with Crippen molar-refractivity contribution < 1.29 is 23.9 Å². The van der Waals surface area contributed by atoms with Crippen LogP contribution >= 0.6 is 0 Å². The van der Waals surface area contributed by atoms with Gasteiger partial charge in [0.05, 0.1) is 23.2 Å². The van der Waals surface area contributed by atoms with E-state index >= 15 is 0 Å². The number of esters is 1. The summed E-state index contributed by atoms with van der Waals surface area (Å²) in [6.45, 7) is 7.86. The maximum absolute atomic E-state index is 12.7. The highest BCUT2D eigenvalue weighted by Crippen LogP contribution is 2.62. The van der Waals surface area contributed by atoms with Crippen molar-refractivity contribution in [2.24, 2.45) is 40.9 Å². The number of hydrogen-bond donors (Lipinski definition) is 0. The average Bonchev–Trinajstić information content (AvgIpc) is 3.17. The fourth-order valence-corrected chi connectivity index (χ4v) is 8.35. The van der Waals surface area contributed by atoms with Crippen LogP contribution in [0.25, 0.3) is 0 Å². The molecule has 2 saturated heterocycles. The number of benzene rings is 1. The van der Waals surface area contributed by atoms with E-state index in [0.717, 1.165) is 32.3 Å². The molecule has 2 aliphatic heterocycles. The molecule has 0 radical (unpaired) electrons. The Labute approximate surface area is 219 Å². The molecule has 6 rings (SSSR count). The first-order valence-corrected chi connectivity index (χ1v) is 14.2. The summed E-state index contributed by atoms with van der Waals surface area (Å²) in [7, 11) is 0. The lowest BCUT2D eigenvalue weighted by Crippen LogP contribution is -2.52. The summed E-state index contributed by atoms with van der Waals surface area (Å²) in [6.07, 6.45) is 12.2. The third-order valence-corrected chi connectivity index (χ3v) is 10.7. The van der Waals surface area contributed by atoms with Crippen LogP contribution in [0, 0.1) is 51.0 Å². The third kappa shape index (κ3) is 4.13. The first kappa shape index (κ1) is 25.1. The van der Waals surface area contributed by atoms with E-state index in [1.807, 2.05) is 0 Å². The number of carbonyl (C=O) groups is 1. The molecule has 0 amide bonds. The summed E-state index contributed by atoms with van der Waals surface area (Å²) >= 11 is 0. The van der Waals surface area contributed by atoms with Gasteiger partial charge >= 0.3 is 5.97 Å². The minimum absolute atomic E-state index is 0.0298. The van der Waals surface area contributed by atoms with Gasteiger partial charge in [0, 0.05) is 30.4 Å². The molecule has 10 atom stereocenters. The van der Waals surface area contributed by atoms with Crippen LogP contribution in [0.5, 0.6) is 0 Å². The lowest BCUT2D eigenvalue weighted by molar-refractivity contribution is -0.384. The molecule has 0 N–H and O–H groups in total. The Balaban J connectivity index is 1.14. The number of nitrogens with zero attached hydrogens (tertiary/aromatic N) is 1. The van der Waals surface area contributed by atoms with E-state index in [2.05, 4.69) is 32.9 Å². The fourth-order valence-electron chi connectivity index (χ4n) is 8.35. The van der Waals surface area contributed by atoms with Gasteiger partial charge in [-0.15, -0.1) is 0 Å². The van der Waals surface area contributed by atoms with E-state index in [9.17, 15) is 14.9 Å². The second kappa shape index (κ2) is 9.19. The molecule has 0 aromatic heterocycles. The number of non-ortho nitro benzene ring substituents is 1. The van der Waals surface area contributed by atoms with E-state index in [1.165, 1.54) is 43.5 Å². The van der Waals surface area contributed by atoms with E-state index in [1.54, 1.807) is 0 Å². The monoisotopic (exact) mass is 509 g/mol. The highest BCUT2D eigenvalue weighted by Gasteiger charge is 2.61. The molecule has 2 saturated carbocycles. The van der Waals surface area contributed by atoms with Gasteiger partial charge < -0.3 is 14.2 Å². The quantitative estimate of drug-likeness (QED) is 0.205. The Morgan fingerprint density at radius 2 is 1.86 bits per heavy atom. The SMILES string of the molecule is C[C@@H]1CC[C@@]2(OC1)O[C@H]1[C@H]3C=C[C@H]4C[C@@H](OC(=O)c5ccc([N+](=O)[O-])cc5)CC[C@]4(C)[C@@H]3CC[C@H]1[C@H]2C. The van der Waals surface area contributed by atoms with Gasteiger partial charge in [-0.3, -0.25) is 10.1 Å². The molecule has 7 heteroatoms. The van der Waals surface area contributed by atoms with Crippen LogP contribution in [-0.4, -0.2) is 35.5 Å². The van der Waals surface area contributed by atoms with Crippen LogP contribution in [0.3, 0.4) is 0 Å². The summed E-state index contributed by atoms with van der Waals surface area (Å²) < 4.78 is 19.2. The van der Waals surface area contributed by atoms with Crippen molar-refractivity contribution in [3.63, 3.8) is 0 Å². The molecular formula is C30H39NO6. The molecule has 5 aliphatic rings. The van der Waals surface area contributed by atoms with Crippen molar-refractivity contribution in [2.75, 3.05) is 6.61 Å². The van der Waals surface area contributed by atoms with Gasteiger partial charge in [0.1, 0.15) is 6.10 Å². The molecule has 0 bridgehead atoms. The van der Waals surface area contributed by atoms with E-state index in [4.69, 9.17) is 14.2 Å². The number of carbonyl (C=O) groups excluding carboxylic acids is 1. The number of nitro groups is 1. The summed E-state index contributed by atoms with van der Waals surface area (Å²) in [5.74, 6) is 2.15. The Morgan fingerprint density at radius 3 is 2.57 bits per heavy atom. The Hall–Kier alpha value is -2.25. The molecule has 1 aromatic rings. The van der Waals surface area contributed by atoms with Crippen molar-refractivity contribution in [2.45, 2.75) is 83.7 Å². The van der Waals surface area contributed by atoms with E-state index < -0.39 is 16.7 Å². The van der Waals surface area contributed by atoms with Gasteiger partial charge in [0.15, 0.2) is 5.79 Å². The van der Waals surface area contributed by atoms with E-state index in [-0.39, 0.29) is 23.3 Å². The van der Waals surface area contributed by atoms with Gasteiger partial charge in [0.2, 0.25) is 0 Å². The number of nitro benzene ring substituents is 1. The van der Waals surface area contributed by atoms with Crippen molar-refractivity contribution >= 4 is 11.7 Å². The minimum atomic E-state index is -0.465. The molecule has 2 heterocycles. The van der Waals surface area contributed by atoms with Crippen LogP contribution in [0.1, 0.15) is 76.1 Å². The summed E-state index contributed by atoms with van der Waals surface area (Å²) in [4.78, 5) is 23.2. The molecule has 200 valence electrons. The third-order valence-electron chi connectivity index (χ3n) is 10.7. The van der Waals surface area contributed by atoms with Gasteiger partial charge in [-0.1, -0.05) is 32.9 Å². The largest absolute Gasteiger partial charge is 0.459 e. The average molecular weight is 510 g/mol.